The number of thioether (sulfide) groups is 1. The van der Waals surface area contributed by atoms with Gasteiger partial charge in [-0.3, -0.25) is 19.7 Å². The Morgan fingerprint density at radius 3 is 2.48 bits per heavy atom. The lowest BCUT2D eigenvalue weighted by atomic mass is 10.2. The molecule has 1 N–H and O–H groups in total. The highest BCUT2D eigenvalue weighted by molar-refractivity contribution is 7.99. The lowest BCUT2D eigenvalue weighted by Crippen LogP contribution is -2.21. The number of carbonyl (C=O) groups is 2. The molecule has 0 saturated carbocycles. The summed E-state index contributed by atoms with van der Waals surface area (Å²) < 4.78 is 4.96. The van der Waals surface area contributed by atoms with Crippen LogP contribution in [-0.2, 0) is 14.3 Å². The van der Waals surface area contributed by atoms with Crippen LogP contribution in [0.25, 0.3) is 0 Å². The summed E-state index contributed by atoms with van der Waals surface area (Å²) in [6, 6.07) is 12.1. The zero-order valence-electron chi connectivity index (χ0n) is 15.1. The van der Waals surface area contributed by atoms with Crippen molar-refractivity contribution in [3.63, 3.8) is 0 Å². The van der Waals surface area contributed by atoms with E-state index in [1.807, 2.05) is 31.2 Å². The van der Waals surface area contributed by atoms with Crippen LogP contribution in [0.3, 0.4) is 0 Å². The fourth-order valence-corrected chi connectivity index (χ4v) is 3.03. The number of aryl methyl sites for hydroxylation is 2. The van der Waals surface area contributed by atoms with Crippen molar-refractivity contribution in [1.29, 1.82) is 0 Å². The summed E-state index contributed by atoms with van der Waals surface area (Å²) >= 11 is 1.54. The van der Waals surface area contributed by atoms with Gasteiger partial charge in [0.15, 0.2) is 6.61 Å². The lowest BCUT2D eigenvalue weighted by molar-refractivity contribution is -0.384. The quantitative estimate of drug-likeness (QED) is 0.319. The van der Waals surface area contributed by atoms with Gasteiger partial charge in [0.1, 0.15) is 0 Å². The van der Waals surface area contributed by atoms with E-state index in [0.717, 1.165) is 4.90 Å². The number of nitro benzene ring substituents is 1. The van der Waals surface area contributed by atoms with Gasteiger partial charge < -0.3 is 10.1 Å². The van der Waals surface area contributed by atoms with Gasteiger partial charge in [-0.05, 0) is 37.6 Å². The maximum Gasteiger partial charge on any atom is 0.307 e. The zero-order valence-corrected chi connectivity index (χ0v) is 15.9. The van der Waals surface area contributed by atoms with E-state index < -0.39 is 23.4 Å². The number of benzene rings is 2. The van der Waals surface area contributed by atoms with Gasteiger partial charge in [-0.25, -0.2) is 0 Å². The van der Waals surface area contributed by atoms with Gasteiger partial charge in [-0.1, -0.05) is 17.7 Å². The third kappa shape index (κ3) is 6.74. The maximum absolute atomic E-state index is 11.9. The van der Waals surface area contributed by atoms with Crippen LogP contribution >= 0.6 is 11.8 Å². The molecule has 8 heteroatoms. The molecule has 7 nitrogen and oxygen atoms in total. The highest BCUT2D eigenvalue weighted by Gasteiger charge is 2.12. The predicted molar refractivity (Wildman–Crippen MR) is 104 cm³/mol. The van der Waals surface area contributed by atoms with E-state index >= 15 is 0 Å². The van der Waals surface area contributed by atoms with Gasteiger partial charge in [-0.15, -0.1) is 11.8 Å². The monoisotopic (exact) mass is 388 g/mol. The first-order valence-corrected chi connectivity index (χ1v) is 9.23. The average molecular weight is 388 g/mol. The van der Waals surface area contributed by atoms with Crippen LogP contribution in [0, 0.1) is 24.0 Å². The van der Waals surface area contributed by atoms with Crippen molar-refractivity contribution in [2.75, 3.05) is 17.7 Å². The molecule has 0 bridgehead atoms. The van der Waals surface area contributed by atoms with Crippen molar-refractivity contribution in [3.8, 4) is 0 Å². The molecule has 0 aliphatic heterocycles. The Hall–Kier alpha value is -2.87. The van der Waals surface area contributed by atoms with Crippen molar-refractivity contribution in [2.45, 2.75) is 25.2 Å². The number of ether oxygens (including phenoxy) is 1. The summed E-state index contributed by atoms with van der Waals surface area (Å²) in [5.74, 6) is -0.387. The molecular weight excluding hydrogens is 368 g/mol. The van der Waals surface area contributed by atoms with Crippen LogP contribution in [0.2, 0.25) is 0 Å². The van der Waals surface area contributed by atoms with Crippen LogP contribution in [0.5, 0.6) is 0 Å². The molecule has 0 unspecified atom stereocenters. The summed E-state index contributed by atoms with van der Waals surface area (Å²) in [6.45, 7) is 3.26. The first-order chi connectivity index (χ1) is 12.8. The van der Waals surface area contributed by atoms with Crippen molar-refractivity contribution in [2.24, 2.45) is 0 Å². The average Bonchev–Trinajstić information content (AvgIpc) is 2.63. The van der Waals surface area contributed by atoms with E-state index in [0.29, 0.717) is 17.0 Å². The largest absolute Gasteiger partial charge is 0.456 e. The number of rotatable bonds is 8. The van der Waals surface area contributed by atoms with Gasteiger partial charge in [0, 0.05) is 28.5 Å². The van der Waals surface area contributed by atoms with E-state index in [-0.39, 0.29) is 12.1 Å². The molecule has 2 aromatic carbocycles. The van der Waals surface area contributed by atoms with Crippen molar-refractivity contribution in [3.05, 3.63) is 63.7 Å². The number of nitrogens with zero attached hydrogens (tertiary/aromatic N) is 1. The van der Waals surface area contributed by atoms with Crippen LogP contribution in [0.15, 0.2) is 47.4 Å². The molecular formula is C19H20N2O5S. The van der Waals surface area contributed by atoms with E-state index in [1.54, 1.807) is 18.7 Å². The lowest BCUT2D eigenvalue weighted by Gasteiger charge is -2.09. The van der Waals surface area contributed by atoms with Crippen molar-refractivity contribution < 1.29 is 19.2 Å². The van der Waals surface area contributed by atoms with Crippen molar-refractivity contribution in [1.82, 2.24) is 0 Å². The van der Waals surface area contributed by atoms with Gasteiger partial charge in [0.25, 0.3) is 11.6 Å². The van der Waals surface area contributed by atoms with Gasteiger partial charge in [-0.2, -0.15) is 0 Å². The number of hydrogen-bond donors (Lipinski definition) is 1. The highest BCUT2D eigenvalue weighted by atomic mass is 32.2. The molecule has 0 aliphatic rings. The number of nitrogens with one attached hydrogen (secondary N) is 1. The van der Waals surface area contributed by atoms with Crippen molar-refractivity contribution >= 4 is 35.0 Å². The Balaban J connectivity index is 1.72. The standard InChI is InChI=1S/C19H20N2O5S/c1-13-3-6-16(7-4-13)27-10-9-19(23)26-12-18(22)20-17-8-5-15(21(24)25)11-14(17)2/h3-8,11H,9-10,12H2,1-2H3,(H,20,22). The third-order valence-corrected chi connectivity index (χ3v) is 4.67. The molecule has 1 amide bonds. The van der Waals surface area contributed by atoms with Crippen LogP contribution in [0.1, 0.15) is 17.5 Å². The van der Waals surface area contributed by atoms with Gasteiger partial charge in [0.2, 0.25) is 0 Å². The molecule has 0 aromatic heterocycles. The minimum atomic E-state index is -0.505. The summed E-state index contributed by atoms with van der Waals surface area (Å²) in [5.41, 5.74) is 2.12. The zero-order chi connectivity index (χ0) is 19.8. The molecule has 27 heavy (non-hydrogen) atoms. The normalized spacial score (nSPS) is 10.3. The number of carbonyl (C=O) groups excluding carboxylic acids is 2. The Morgan fingerprint density at radius 1 is 1.15 bits per heavy atom. The second-order valence-electron chi connectivity index (χ2n) is 5.88. The SMILES string of the molecule is Cc1ccc(SCCC(=O)OCC(=O)Nc2ccc([N+](=O)[O-])cc2C)cc1. The highest BCUT2D eigenvalue weighted by Crippen LogP contribution is 2.21. The second kappa shape index (κ2) is 9.72. The van der Waals surface area contributed by atoms with E-state index in [9.17, 15) is 19.7 Å². The van der Waals surface area contributed by atoms with Gasteiger partial charge in [0.05, 0.1) is 11.3 Å². The fourth-order valence-electron chi connectivity index (χ4n) is 2.19. The molecule has 2 rings (SSSR count). The van der Waals surface area contributed by atoms with Crippen LogP contribution in [0.4, 0.5) is 11.4 Å². The Morgan fingerprint density at radius 2 is 1.85 bits per heavy atom. The minimum Gasteiger partial charge on any atom is -0.456 e. The molecule has 0 heterocycles. The smallest absolute Gasteiger partial charge is 0.307 e. The molecule has 0 radical (unpaired) electrons. The number of non-ortho nitro benzene ring substituents is 1. The number of amides is 1. The number of esters is 1. The third-order valence-electron chi connectivity index (χ3n) is 3.66. The second-order valence-corrected chi connectivity index (χ2v) is 7.05. The molecule has 0 fully saturated rings. The fraction of sp³-hybridized carbons (Fsp3) is 0.263. The minimum absolute atomic E-state index is 0.0528. The molecule has 0 saturated heterocycles. The molecule has 0 aliphatic carbocycles. The molecule has 0 atom stereocenters. The Labute approximate surface area is 161 Å². The van der Waals surface area contributed by atoms with Crippen LogP contribution < -0.4 is 5.32 Å². The Bertz CT molecular complexity index is 836. The molecule has 0 spiro atoms. The number of anilines is 1. The van der Waals surface area contributed by atoms with E-state index in [1.165, 1.54) is 23.8 Å². The van der Waals surface area contributed by atoms with E-state index in [4.69, 9.17) is 4.74 Å². The van der Waals surface area contributed by atoms with Crippen LogP contribution in [-0.4, -0.2) is 29.2 Å². The predicted octanol–water partition coefficient (Wildman–Crippen LogP) is 3.88. The molecule has 142 valence electrons. The first kappa shape index (κ1) is 20.4. The number of hydrogen-bond acceptors (Lipinski definition) is 6. The Kier molecular flexibility index (Phi) is 7.36. The maximum atomic E-state index is 11.9. The summed E-state index contributed by atoms with van der Waals surface area (Å²) in [6.07, 6.45) is 0.197. The molecule has 2 aromatic rings. The number of nitro groups is 1. The first-order valence-electron chi connectivity index (χ1n) is 8.25. The summed E-state index contributed by atoms with van der Waals surface area (Å²) in [5, 5.41) is 13.3. The topological polar surface area (TPSA) is 98.5 Å². The van der Waals surface area contributed by atoms with E-state index in [2.05, 4.69) is 5.32 Å². The summed E-state index contributed by atoms with van der Waals surface area (Å²) in [4.78, 5) is 34.9. The summed E-state index contributed by atoms with van der Waals surface area (Å²) in [7, 11) is 0. The van der Waals surface area contributed by atoms with Gasteiger partial charge >= 0.3 is 5.97 Å².